The molecule has 0 aromatic carbocycles. The summed E-state index contributed by atoms with van der Waals surface area (Å²) in [5, 5.41) is 4.07. The van der Waals surface area contributed by atoms with Crippen molar-refractivity contribution in [1.29, 1.82) is 0 Å². The topological polar surface area (TPSA) is 63.5 Å². The van der Waals surface area contributed by atoms with Crippen molar-refractivity contribution < 1.29 is 9.53 Å². The van der Waals surface area contributed by atoms with Crippen molar-refractivity contribution >= 4 is 5.91 Å². The van der Waals surface area contributed by atoms with Crippen molar-refractivity contribution in [3.8, 4) is 0 Å². The number of hydrogen-bond acceptors (Lipinski definition) is 5. The molecule has 2 aliphatic heterocycles. The summed E-state index contributed by atoms with van der Waals surface area (Å²) in [6, 6.07) is 0. The number of likely N-dealkylation sites (tertiary alicyclic amines) is 1. The number of hydrogen-bond donors (Lipinski definition) is 0. The molecule has 1 amide bonds. The Morgan fingerprint density at radius 3 is 2.87 bits per heavy atom. The lowest BCUT2D eigenvalue weighted by Crippen LogP contribution is -2.41. The van der Waals surface area contributed by atoms with E-state index in [-0.39, 0.29) is 12.0 Å². The maximum absolute atomic E-state index is 12.5. The summed E-state index contributed by atoms with van der Waals surface area (Å²) in [7, 11) is 0. The normalized spacial score (nSPS) is 23.1. The van der Waals surface area contributed by atoms with Crippen molar-refractivity contribution in [2.45, 2.75) is 44.8 Å². The van der Waals surface area contributed by atoms with E-state index in [0.29, 0.717) is 6.42 Å². The number of amides is 1. The van der Waals surface area contributed by atoms with Crippen molar-refractivity contribution in [2.24, 2.45) is 0 Å². The van der Waals surface area contributed by atoms with Gasteiger partial charge in [-0.3, -0.25) is 9.48 Å². The van der Waals surface area contributed by atoms with Gasteiger partial charge in [-0.1, -0.05) is 0 Å². The van der Waals surface area contributed by atoms with Gasteiger partial charge < -0.3 is 14.5 Å². The Kier molecular flexibility index (Phi) is 5.99. The van der Waals surface area contributed by atoms with Crippen LogP contribution < -0.4 is 0 Å². The van der Waals surface area contributed by atoms with E-state index in [9.17, 15) is 4.79 Å². The van der Waals surface area contributed by atoms with E-state index in [0.717, 1.165) is 45.6 Å². The molecule has 2 aliphatic rings. The summed E-state index contributed by atoms with van der Waals surface area (Å²) in [4.78, 5) is 20.8. The third kappa shape index (κ3) is 5.00. The van der Waals surface area contributed by atoms with E-state index in [1.54, 1.807) is 11.0 Å². The van der Waals surface area contributed by atoms with Crippen LogP contribution in [-0.2, 0) is 16.1 Å². The van der Waals surface area contributed by atoms with Gasteiger partial charge >= 0.3 is 0 Å². The third-order valence-electron chi connectivity index (χ3n) is 4.61. The zero-order valence-electron chi connectivity index (χ0n) is 13.8. The van der Waals surface area contributed by atoms with Crippen LogP contribution in [0.15, 0.2) is 12.7 Å². The van der Waals surface area contributed by atoms with Gasteiger partial charge in [0.05, 0.1) is 6.10 Å². The van der Waals surface area contributed by atoms with Crippen molar-refractivity contribution in [2.75, 3.05) is 39.3 Å². The largest absolute Gasteiger partial charge is 0.375 e. The first-order valence-electron chi connectivity index (χ1n) is 8.75. The number of aromatic nitrogens is 3. The summed E-state index contributed by atoms with van der Waals surface area (Å²) in [5.74, 6) is 0.238. The number of nitrogens with zero attached hydrogens (tertiary/aromatic N) is 5. The van der Waals surface area contributed by atoms with Gasteiger partial charge in [-0.05, 0) is 38.8 Å². The van der Waals surface area contributed by atoms with E-state index in [1.165, 1.54) is 32.3 Å². The molecule has 7 nitrogen and oxygen atoms in total. The van der Waals surface area contributed by atoms with Crippen LogP contribution in [0.4, 0.5) is 0 Å². The quantitative estimate of drug-likeness (QED) is 0.774. The van der Waals surface area contributed by atoms with E-state index in [1.807, 2.05) is 4.90 Å². The fourth-order valence-corrected chi connectivity index (χ4v) is 3.38. The van der Waals surface area contributed by atoms with E-state index in [4.69, 9.17) is 4.74 Å². The molecule has 1 aromatic heterocycles. The minimum Gasteiger partial charge on any atom is -0.375 e. The highest BCUT2D eigenvalue weighted by Gasteiger charge is 2.25. The summed E-state index contributed by atoms with van der Waals surface area (Å²) in [6.07, 6.45) is 8.26. The molecule has 0 bridgehead atoms. The monoisotopic (exact) mass is 321 g/mol. The fourth-order valence-electron chi connectivity index (χ4n) is 3.38. The van der Waals surface area contributed by atoms with Gasteiger partial charge in [0, 0.05) is 39.2 Å². The van der Waals surface area contributed by atoms with E-state index >= 15 is 0 Å². The zero-order valence-corrected chi connectivity index (χ0v) is 13.8. The second-order valence-corrected chi connectivity index (χ2v) is 6.46. The molecule has 1 atom stereocenters. The average molecular weight is 321 g/mol. The van der Waals surface area contributed by atoms with Gasteiger partial charge in [0.25, 0.3) is 0 Å². The molecule has 1 unspecified atom stereocenters. The average Bonchev–Trinajstić information content (AvgIpc) is 3.19. The molecule has 0 aliphatic carbocycles. The molecular weight excluding hydrogens is 294 g/mol. The molecule has 7 heteroatoms. The second-order valence-electron chi connectivity index (χ2n) is 6.46. The highest BCUT2D eigenvalue weighted by Crippen LogP contribution is 2.13. The van der Waals surface area contributed by atoms with Gasteiger partial charge in [-0.15, -0.1) is 0 Å². The third-order valence-corrected chi connectivity index (χ3v) is 4.61. The Morgan fingerprint density at radius 2 is 2.09 bits per heavy atom. The van der Waals surface area contributed by atoms with E-state index in [2.05, 4.69) is 15.0 Å². The Labute approximate surface area is 137 Å². The van der Waals surface area contributed by atoms with Gasteiger partial charge in [-0.2, -0.15) is 5.10 Å². The van der Waals surface area contributed by atoms with Crippen LogP contribution in [0, 0.1) is 0 Å². The van der Waals surface area contributed by atoms with Gasteiger partial charge in [0.2, 0.25) is 5.91 Å². The molecule has 3 rings (SSSR count). The van der Waals surface area contributed by atoms with Gasteiger partial charge in [0.15, 0.2) is 0 Å². The number of ether oxygens (including phenoxy) is 1. The Bertz CT molecular complexity index is 473. The number of carbonyl (C=O) groups is 1. The minimum atomic E-state index is 0.162. The molecule has 2 fully saturated rings. The second kappa shape index (κ2) is 8.40. The Hall–Kier alpha value is -1.47. The van der Waals surface area contributed by atoms with Crippen LogP contribution in [0.1, 0.15) is 32.1 Å². The number of aryl methyl sites for hydroxylation is 1. The molecule has 0 N–H and O–H groups in total. The predicted octanol–water partition coefficient (Wildman–Crippen LogP) is 0.772. The molecule has 128 valence electrons. The predicted molar refractivity (Wildman–Crippen MR) is 85.9 cm³/mol. The van der Waals surface area contributed by atoms with Crippen LogP contribution in [-0.4, -0.2) is 75.9 Å². The lowest BCUT2D eigenvalue weighted by Gasteiger charge is -2.27. The van der Waals surface area contributed by atoms with Gasteiger partial charge in [-0.25, -0.2) is 4.98 Å². The Balaban J connectivity index is 1.43. The first kappa shape index (κ1) is 16.4. The lowest BCUT2D eigenvalue weighted by molar-refractivity contribution is -0.132. The standard InChI is InChI=1S/C16H27N5O2/c22-16(5-3-9-21-14-17-13-18-21)20-8-4-10-23-15(12-20)11-19-6-1-2-7-19/h13-15H,1-12H2. The molecular formula is C16H27N5O2. The van der Waals surface area contributed by atoms with Crippen LogP contribution in [0.3, 0.4) is 0 Å². The van der Waals surface area contributed by atoms with E-state index < -0.39 is 0 Å². The van der Waals surface area contributed by atoms with Crippen LogP contribution >= 0.6 is 0 Å². The molecule has 23 heavy (non-hydrogen) atoms. The fraction of sp³-hybridized carbons (Fsp3) is 0.812. The van der Waals surface area contributed by atoms with Crippen LogP contribution in [0.25, 0.3) is 0 Å². The Morgan fingerprint density at radius 1 is 1.22 bits per heavy atom. The SMILES string of the molecule is O=C(CCCn1cncn1)N1CCCOC(CN2CCCC2)C1. The summed E-state index contributed by atoms with van der Waals surface area (Å²) in [6.45, 7) is 6.37. The smallest absolute Gasteiger partial charge is 0.222 e. The summed E-state index contributed by atoms with van der Waals surface area (Å²) < 4.78 is 7.72. The summed E-state index contributed by atoms with van der Waals surface area (Å²) >= 11 is 0. The number of rotatable bonds is 6. The van der Waals surface area contributed by atoms with Crippen molar-refractivity contribution in [1.82, 2.24) is 24.6 Å². The van der Waals surface area contributed by atoms with Crippen LogP contribution in [0.5, 0.6) is 0 Å². The molecule has 2 saturated heterocycles. The maximum Gasteiger partial charge on any atom is 0.222 e. The maximum atomic E-state index is 12.5. The molecule has 3 heterocycles. The summed E-state index contributed by atoms with van der Waals surface area (Å²) in [5.41, 5.74) is 0. The van der Waals surface area contributed by atoms with Crippen LogP contribution in [0.2, 0.25) is 0 Å². The highest BCUT2D eigenvalue weighted by atomic mass is 16.5. The lowest BCUT2D eigenvalue weighted by atomic mass is 10.2. The minimum absolute atomic E-state index is 0.162. The highest BCUT2D eigenvalue weighted by molar-refractivity contribution is 5.76. The number of carbonyl (C=O) groups excluding carboxylic acids is 1. The zero-order chi connectivity index (χ0) is 15.9. The van der Waals surface area contributed by atoms with Gasteiger partial charge in [0.1, 0.15) is 12.7 Å². The molecule has 0 saturated carbocycles. The van der Waals surface area contributed by atoms with Crippen molar-refractivity contribution in [3.63, 3.8) is 0 Å². The van der Waals surface area contributed by atoms with Crippen molar-refractivity contribution in [3.05, 3.63) is 12.7 Å². The first-order chi connectivity index (χ1) is 11.3. The molecule has 0 spiro atoms. The first-order valence-corrected chi connectivity index (χ1v) is 8.75. The molecule has 1 aromatic rings. The molecule has 0 radical (unpaired) electrons.